The molecule has 2 aromatic carbocycles. The zero-order valence-corrected chi connectivity index (χ0v) is 17.7. The molecule has 0 heterocycles. The third-order valence-electron chi connectivity index (χ3n) is 4.79. The molecular weight excluding hydrogens is 405 g/mol. The van der Waals surface area contributed by atoms with Crippen LogP contribution in [0.1, 0.15) is 61.0 Å². The van der Waals surface area contributed by atoms with Gasteiger partial charge in [-0.1, -0.05) is 50.8 Å². The number of allylic oxidation sites excluding steroid dienone is 2. The highest BCUT2D eigenvalue weighted by Crippen LogP contribution is 2.37. The van der Waals surface area contributed by atoms with Crippen molar-refractivity contribution in [2.75, 3.05) is 0 Å². The molecule has 31 heavy (non-hydrogen) atoms. The fourth-order valence-corrected chi connectivity index (χ4v) is 2.95. The van der Waals surface area contributed by atoms with Crippen molar-refractivity contribution < 1.29 is 27.8 Å². The van der Waals surface area contributed by atoms with Crippen molar-refractivity contribution in [3.8, 4) is 11.5 Å². The number of aliphatic hydroxyl groups is 1. The smallest absolute Gasteiger partial charge is 0.417 e. The second-order valence-electron chi connectivity index (χ2n) is 7.19. The molecule has 1 atom stereocenters. The topological polar surface area (TPSA) is 46.5 Å². The van der Waals surface area contributed by atoms with Crippen molar-refractivity contribution in [3.05, 3.63) is 77.4 Å². The Morgan fingerprint density at radius 3 is 2.55 bits per heavy atom. The van der Waals surface area contributed by atoms with Crippen molar-refractivity contribution >= 4 is 11.9 Å². The summed E-state index contributed by atoms with van der Waals surface area (Å²) in [4.78, 5) is 12.8. The molecule has 0 aliphatic heterocycles. The molecule has 0 saturated carbocycles. The molecule has 0 amide bonds. The van der Waals surface area contributed by atoms with Crippen LogP contribution in [-0.4, -0.2) is 17.0 Å². The Labute approximate surface area is 180 Å². The number of ether oxygens (including phenoxy) is 1. The number of carbonyl (C=O) groups is 1. The first-order valence-electron chi connectivity index (χ1n) is 10.2. The Bertz CT molecular complexity index is 945. The fraction of sp³-hybridized carbons (Fsp3) is 0.320. The lowest BCUT2D eigenvalue weighted by Gasteiger charge is -2.15. The Balaban J connectivity index is 2.31. The number of para-hydroxylation sites is 1. The number of hydrogen-bond donors (Lipinski definition) is 1. The monoisotopic (exact) mass is 432 g/mol. The predicted molar refractivity (Wildman–Crippen MR) is 116 cm³/mol. The SMILES string of the molecule is C=C(CC[C@@H](O)CC)C(=O)c1ccccc1Oc1ccc(/C=C\CC)c(C(F)(F)F)c1. The Morgan fingerprint density at radius 2 is 1.90 bits per heavy atom. The van der Waals surface area contributed by atoms with Gasteiger partial charge in [0.2, 0.25) is 0 Å². The van der Waals surface area contributed by atoms with Crippen molar-refractivity contribution in [1.82, 2.24) is 0 Å². The van der Waals surface area contributed by atoms with Crippen LogP contribution in [0.25, 0.3) is 6.08 Å². The summed E-state index contributed by atoms with van der Waals surface area (Å²) in [5.41, 5.74) is -0.244. The summed E-state index contributed by atoms with van der Waals surface area (Å²) in [5, 5.41) is 9.70. The van der Waals surface area contributed by atoms with E-state index in [1.165, 1.54) is 24.3 Å². The fourth-order valence-electron chi connectivity index (χ4n) is 2.95. The minimum atomic E-state index is -4.55. The molecular formula is C25H27F3O3. The molecule has 166 valence electrons. The van der Waals surface area contributed by atoms with E-state index in [0.717, 1.165) is 6.07 Å². The number of carbonyl (C=O) groups excluding carboxylic acids is 1. The molecule has 0 bridgehead atoms. The molecule has 0 radical (unpaired) electrons. The number of halogens is 3. The van der Waals surface area contributed by atoms with Gasteiger partial charge in [0.05, 0.1) is 17.2 Å². The highest BCUT2D eigenvalue weighted by molar-refractivity contribution is 6.10. The molecule has 6 heteroatoms. The van der Waals surface area contributed by atoms with Crippen molar-refractivity contribution in [2.24, 2.45) is 0 Å². The van der Waals surface area contributed by atoms with Crippen molar-refractivity contribution in [3.63, 3.8) is 0 Å². The number of Topliss-reactive ketones (excluding diaryl/α,β-unsaturated/α-hetero) is 1. The lowest BCUT2D eigenvalue weighted by Crippen LogP contribution is -2.10. The summed E-state index contributed by atoms with van der Waals surface area (Å²) in [5.74, 6) is -0.236. The standard InChI is InChI=1S/C25H27F3O3/c1-4-6-9-18-13-15-20(16-22(18)25(26,27)28)31-23-11-8-7-10-21(23)24(30)17(3)12-14-19(29)5-2/h6-11,13,15-16,19,29H,3-5,12,14H2,1-2H3/b9-6-/t19-/m0/s1. The summed E-state index contributed by atoms with van der Waals surface area (Å²) in [7, 11) is 0. The van der Waals surface area contributed by atoms with E-state index in [2.05, 4.69) is 6.58 Å². The lowest BCUT2D eigenvalue weighted by molar-refractivity contribution is -0.137. The van der Waals surface area contributed by atoms with Gasteiger partial charge in [0.25, 0.3) is 0 Å². The van der Waals surface area contributed by atoms with Crippen LogP contribution < -0.4 is 4.74 Å². The second kappa shape index (κ2) is 11.0. The van der Waals surface area contributed by atoms with Gasteiger partial charge in [-0.25, -0.2) is 0 Å². The number of alkyl halides is 3. The molecule has 3 nitrogen and oxygen atoms in total. The lowest BCUT2D eigenvalue weighted by atomic mass is 9.98. The van der Waals surface area contributed by atoms with E-state index in [4.69, 9.17) is 4.74 Å². The predicted octanol–water partition coefficient (Wildman–Crippen LogP) is 7.21. The minimum Gasteiger partial charge on any atom is -0.457 e. The summed E-state index contributed by atoms with van der Waals surface area (Å²) in [6.07, 6.45) is -0.0617. The zero-order chi connectivity index (χ0) is 23.0. The first-order valence-corrected chi connectivity index (χ1v) is 10.2. The van der Waals surface area contributed by atoms with E-state index >= 15 is 0 Å². The van der Waals surface area contributed by atoms with Crippen LogP contribution >= 0.6 is 0 Å². The third-order valence-corrected chi connectivity index (χ3v) is 4.79. The van der Waals surface area contributed by atoms with Crippen LogP contribution in [0.15, 0.2) is 60.7 Å². The van der Waals surface area contributed by atoms with E-state index < -0.39 is 17.8 Å². The van der Waals surface area contributed by atoms with Gasteiger partial charge in [-0.15, -0.1) is 0 Å². The Kier molecular flexibility index (Phi) is 8.63. The quantitative estimate of drug-likeness (QED) is 0.319. The van der Waals surface area contributed by atoms with Crippen LogP contribution in [0.3, 0.4) is 0 Å². The highest BCUT2D eigenvalue weighted by atomic mass is 19.4. The molecule has 0 aliphatic rings. The van der Waals surface area contributed by atoms with Crippen molar-refractivity contribution in [2.45, 2.75) is 51.8 Å². The van der Waals surface area contributed by atoms with E-state index in [9.17, 15) is 23.1 Å². The average molecular weight is 432 g/mol. The number of hydrogen-bond acceptors (Lipinski definition) is 3. The van der Waals surface area contributed by atoms with Gasteiger partial charge in [0.1, 0.15) is 11.5 Å². The minimum absolute atomic E-state index is 0.0201. The molecule has 0 aliphatic carbocycles. The largest absolute Gasteiger partial charge is 0.457 e. The second-order valence-corrected chi connectivity index (χ2v) is 7.19. The van der Waals surface area contributed by atoms with E-state index in [1.54, 1.807) is 24.3 Å². The molecule has 0 aromatic heterocycles. The van der Waals surface area contributed by atoms with Gasteiger partial charge in [-0.05, 0) is 61.1 Å². The summed E-state index contributed by atoms with van der Waals surface area (Å²) < 4.78 is 46.2. The maximum absolute atomic E-state index is 13.5. The first-order chi connectivity index (χ1) is 14.7. The van der Waals surface area contributed by atoms with E-state index in [1.807, 2.05) is 13.8 Å². The number of aliphatic hydroxyl groups excluding tert-OH is 1. The van der Waals surface area contributed by atoms with Gasteiger partial charge in [-0.2, -0.15) is 13.2 Å². The number of rotatable bonds is 10. The van der Waals surface area contributed by atoms with Gasteiger partial charge in [0.15, 0.2) is 5.78 Å². The summed E-state index contributed by atoms with van der Waals surface area (Å²) >= 11 is 0. The highest BCUT2D eigenvalue weighted by Gasteiger charge is 2.33. The van der Waals surface area contributed by atoms with Crippen LogP contribution in [0, 0.1) is 0 Å². The summed E-state index contributed by atoms with van der Waals surface area (Å²) in [6.45, 7) is 7.48. The summed E-state index contributed by atoms with van der Waals surface area (Å²) in [6, 6.07) is 10.1. The maximum Gasteiger partial charge on any atom is 0.417 e. The first kappa shape index (κ1) is 24.4. The Morgan fingerprint density at radius 1 is 1.19 bits per heavy atom. The van der Waals surface area contributed by atoms with Gasteiger partial charge in [-0.3, -0.25) is 4.79 Å². The van der Waals surface area contributed by atoms with Crippen LogP contribution in [0.5, 0.6) is 11.5 Å². The molecule has 0 saturated heterocycles. The van der Waals surface area contributed by atoms with E-state index in [-0.39, 0.29) is 28.4 Å². The molecule has 0 fully saturated rings. The molecule has 1 N–H and O–H groups in total. The maximum atomic E-state index is 13.5. The van der Waals surface area contributed by atoms with Crippen LogP contribution in [0.2, 0.25) is 0 Å². The number of benzene rings is 2. The average Bonchev–Trinajstić information content (AvgIpc) is 2.75. The van der Waals surface area contributed by atoms with Gasteiger partial charge >= 0.3 is 6.18 Å². The van der Waals surface area contributed by atoms with Gasteiger partial charge < -0.3 is 9.84 Å². The van der Waals surface area contributed by atoms with Crippen LogP contribution in [0.4, 0.5) is 13.2 Å². The van der Waals surface area contributed by atoms with Crippen LogP contribution in [-0.2, 0) is 6.18 Å². The normalized spacial score (nSPS) is 12.7. The van der Waals surface area contributed by atoms with Gasteiger partial charge in [0, 0.05) is 0 Å². The van der Waals surface area contributed by atoms with Crippen molar-refractivity contribution in [1.29, 1.82) is 0 Å². The number of ketones is 1. The molecule has 0 spiro atoms. The molecule has 2 rings (SSSR count). The van der Waals surface area contributed by atoms with E-state index in [0.29, 0.717) is 31.3 Å². The zero-order valence-electron chi connectivity index (χ0n) is 17.7. The molecule has 0 unspecified atom stereocenters. The molecule has 2 aromatic rings. The Hall–Kier alpha value is -2.86. The third kappa shape index (κ3) is 6.82.